The molecule has 0 aromatic heterocycles. The average Bonchev–Trinajstić information content (AvgIpc) is 2.16. The van der Waals surface area contributed by atoms with Crippen LogP contribution in [0.5, 0.6) is 0 Å². The van der Waals surface area contributed by atoms with Gasteiger partial charge < -0.3 is 10.4 Å². The van der Waals surface area contributed by atoms with Gasteiger partial charge in [0, 0.05) is 0 Å². The Hall–Kier alpha value is -1.53. The molecule has 0 spiro atoms. The van der Waals surface area contributed by atoms with Gasteiger partial charge >= 0.3 is 18.1 Å². The maximum Gasteiger partial charge on any atom is 0.471 e. The normalized spacial score (nSPS) is 25.2. The molecular formula is C9H10F3NO3. The molecule has 0 saturated heterocycles. The number of carboxylic acid groups (broad SMARTS) is 1. The van der Waals surface area contributed by atoms with Crippen molar-refractivity contribution in [2.75, 3.05) is 0 Å². The number of amides is 1. The third-order valence-corrected chi connectivity index (χ3v) is 2.29. The number of nitrogens with one attached hydrogen (secondary N) is 1. The molecular weight excluding hydrogens is 227 g/mol. The number of carbonyl (C=O) groups excluding carboxylic acids is 1. The molecule has 1 aliphatic carbocycles. The number of carbonyl (C=O) groups is 2. The molecule has 7 heteroatoms. The minimum absolute atomic E-state index is 0.217. The van der Waals surface area contributed by atoms with Gasteiger partial charge in [-0.15, -0.1) is 0 Å². The van der Waals surface area contributed by atoms with Crippen LogP contribution in [0.1, 0.15) is 12.8 Å². The summed E-state index contributed by atoms with van der Waals surface area (Å²) in [7, 11) is 0. The maximum absolute atomic E-state index is 11.9. The Morgan fingerprint density at radius 2 is 2.00 bits per heavy atom. The lowest BCUT2D eigenvalue weighted by atomic mass is 9.89. The van der Waals surface area contributed by atoms with Gasteiger partial charge in [0.05, 0.1) is 12.0 Å². The topological polar surface area (TPSA) is 66.4 Å². The predicted molar refractivity (Wildman–Crippen MR) is 47.5 cm³/mol. The van der Waals surface area contributed by atoms with Crippen LogP contribution in [-0.4, -0.2) is 29.2 Å². The summed E-state index contributed by atoms with van der Waals surface area (Å²) in [6.07, 6.45) is -1.45. The quantitative estimate of drug-likeness (QED) is 0.706. The number of carboxylic acids is 1. The Kier molecular flexibility index (Phi) is 3.56. The molecule has 16 heavy (non-hydrogen) atoms. The summed E-state index contributed by atoms with van der Waals surface area (Å²) in [6, 6.07) is -1.10. The van der Waals surface area contributed by atoms with Crippen molar-refractivity contribution >= 4 is 11.9 Å². The SMILES string of the molecule is O=C(O)C1CCC=CC1NC(=O)C(F)(F)F. The van der Waals surface area contributed by atoms with Crippen molar-refractivity contribution in [2.45, 2.75) is 25.1 Å². The van der Waals surface area contributed by atoms with E-state index in [9.17, 15) is 22.8 Å². The molecule has 0 aliphatic heterocycles. The Balaban J connectivity index is 2.71. The lowest BCUT2D eigenvalue weighted by Gasteiger charge is -2.25. The summed E-state index contributed by atoms with van der Waals surface area (Å²) in [5.41, 5.74) is 0. The van der Waals surface area contributed by atoms with E-state index in [0.717, 1.165) is 0 Å². The molecule has 0 radical (unpaired) electrons. The van der Waals surface area contributed by atoms with Gasteiger partial charge in [0.25, 0.3) is 0 Å². The molecule has 2 atom stereocenters. The molecule has 90 valence electrons. The van der Waals surface area contributed by atoms with Gasteiger partial charge in [-0.3, -0.25) is 9.59 Å². The molecule has 4 nitrogen and oxygen atoms in total. The summed E-state index contributed by atoms with van der Waals surface area (Å²) in [4.78, 5) is 21.4. The van der Waals surface area contributed by atoms with Crippen molar-refractivity contribution < 1.29 is 27.9 Å². The van der Waals surface area contributed by atoms with E-state index in [2.05, 4.69) is 0 Å². The summed E-state index contributed by atoms with van der Waals surface area (Å²) < 4.78 is 35.8. The van der Waals surface area contributed by atoms with Gasteiger partial charge in [0.1, 0.15) is 0 Å². The highest BCUT2D eigenvalue weighted by molar-refractivity contribution is 5.83. The van der Waals surface area contributed by atoms with Crippen LogP contribution < -0.4 is 5.32 Å². The first-order chi connectivity index (χ1) is 7.32. The van der Waals surface area contributed by atoms with Gasteiger partial charge in [0.2, 0.25) is 0 Å². The number of alkyl halides is 3. The van der Waals surface area contributed by atoms with E-state index in [1.54, 1.807) is 11.4 Å². The standard InChI is InChI=1S/C9H10F3NO3/c10-9(11,12)8(16)13-6-4-2-1-3-5(6)7(14)15/h2,4-6H,1,3H2,(H,13,16)(H,14,15). The van der Waals surface area contributed by atoms with E-state index in [1.807, 2.05) is 0 Å². The second-order valence-corrected chi connectivity index (χ2v) is 3.45. The maximum atomic E-state index is 11.9. The largest absolute Gasteiger partial charge is 0.481 e. The van der Waals surface area contributed by atoms with Crippen molar-refractivity contribution in [3.05, 3.63) is 12.2 Å². The lowest BCUT2D eigenvalue weighted by Crippen LogP contribution is -2.48. The third-order valence-electron chi connectivity index (χ3n) is 2.29. The Morgan fingerprint density at radius 3 is 2.50 bits per heavy atom. The highest BCUT2D eigenvalue weighted by Crippen LogP contribution is 2.21. The minimum atomic E-state index is -4.99. The van der Waals surface area contributed by atoms with Crippen LogP contribution in [-0.2, 0) is 9.59 Å². The first-order valence-corrected chi connectivity index (χ1v) is 4.59. The van der Waals surface area contributed by atoms with E-state index in [0.29, 0.717) is 6.42 Å². The molecule has 1 rings (SSSR count). The Labute approximate surface area is 89.1 Å². The van der Waals surface area contributed by atoms with Crippen molar-refractivity contribution in [3.63, 3.8) is 0 Å². The first-order valence-electron chi connectivity index (χ1n) is 4.59. The summed E-state index contributed by atoms with van der Waals surface area (Å²) in [5.74, 6) is -4.33. The fraction of sp³-hybridized carbons (Fsp3) is 0.556. The highest BCUT2D eigenvalue weighted by atomic mass is 19.4. The van der Waals surface area contributed by atoms with E-state index >= 15 is 0 Å². The second-order valence-electron chi connectivity index (χ2n) is 3.45. The van der Waals surface area contributed by atoms with Crippen molar-refractivity contribution in [1.82, 2.24) is 5.32 Å². The summed E-state index contributed by atoms with van der Waals surface area (Å²) in [6.45, 7) is 0. The molecule has 1 amide bonds. The fourth-order valence-electron chi connectivity index (χ4n) is 1.49. The predicted octanol–water partition coefficient (Wildman–Crippen LogP) is 1.08. The zero-order valence-electron chi connectivity index (χ0n) is 8.12. The van der Waals surface area contributed by atoms with Crippen LogP contribution in [0.3, 0.4) is 0 Å². The Bertz CT molecular complexity index is 324. The fourth-order valence-corrected chi connectivity index (χ4v) is 1.49. The van der Waals surface area contributed by atoms with Crippen LogP contribution in [0.2, 0.25) is 0 Å². The first kappa shape index (κ1) is 12.5. The van der Waals surface area contributed by atoms with Crippen LogP contribution in [0, 0.1) is 5.92 Å². The third kappa shape index (κ3) is 2.98. The van der Waals surface area contributed by atoms with Crippen molar-refractivity contribution in [3.8, 4) is 0 Å². The van der Waals surface area contributed by atoms with Crippen LogP contribution in [0.15, 0.2) is 12.2 Å². The molecule has 2 N–H and O–H groups in total. The van der Waals surface area contributed by atoms with Gasteiger partial charge in [-0.1, -0.05) is 12.2 Å². The van der Waals surface area contributed by atoms with E-state index in [-0.39, 0.29) is 6.42 Å². The highest BCUT2D eigenvalue weighted by Gasteiger charge is 2.41. The molecule has 0 saturated carbocycles. The summed E-state index contributed by atoms with van der Waals surface area (Å²) >= 11 is 0. The molecule has 0 fully saturated rings. The smallest absolute Gasteiger partial charge is 0.471 e. The minimum Gasteiger partial charge on any atom is -0.481 e. The molecule has 2 unspecified atom stereocenters. The van der Waals surface area contributed by atoms with Gasteiger partial charge in [-0.25, -0.2) is 0 Å². The van der Waals surface area contributed by atoms with Crippen LogP contribution in [0.4, 0.5) is 13.2 Å². The van der Waals surface area contributed by atoms with Gasteiger partial charge in [-0.2, -0.15) is 13.2 Å². The zero-order chi connectivity index (χ0) is 12.3. The molecule has 0 heterocycles. The van der Waals surface area contributed by atoms with Gasteiger partial charge in [-0.05, 0) is 12.8 Å². The number of rotatable bonds is 2. The second kappa shape index (κ2) is 4.54. The average molecular weight is 237 g/mol. The number of allylic oxidation sites excluding steroid dienone is 1. The van der Waals surface area contributed by atoms with Crippen molar-refractivity contribution in [1.29, 1.82) is 0 Å². The van der Waals surface area contributed by atoms with Crippen LogP contribution >= 0.6 is 0 Å². The lowest BCUT2D eigenvalue weighted by molar-refractivity contribution is -0.174. The van der Waals surface area contributed by atoms with Gasteiger partial charge in [0.15, 0.2) is 0 Å². The Morgan fingerprint density at radius 1 is 1.38 bits per heavy atom. The van der Waals surface area contributed by atoms with E-state index in [1.165, 1.54) is 6.08 Å². The summed E-state index contributed by atoms with van der Waals surface area (Å²) in [5, 5.41) is 10.4. The number of hydrogen-bond acceptors (Lipinski definition) is 2. The van der Waals surface area contributed by atoms with Crippen molar-refractivity contribution in [2.24, 2.45) is 5.92 Å². The molecule has 0 aromatic rings. The van der Waals surface area contributed by atoms with E-state index < -0.39 is 30.0 Å². The molecule has 0 bridgehead atoms. The molecule has 0 aromatic carbocycles. The number of hydrogen-bond donors (Lipinski definition) is 2. The monoisotopic (exact) mass is 237 g/mol. The number of aliphatic carboxylic acids is 1. The van der Waals surface area contributed by atoms with E-state index in [4.69, 9.17) is 5.11 Å². The number of halogens is 3. The zero-order valence-corrected chi connectivity index (χ0v) is 8.12. The molecule has 1 aliphatic rings. The van der Waals surface area contributed by atoms with Crippen LogP contribution in [0.25, 0.3) is 0 Å².